The molecule has 17 heavy (non-hydrogen) atoms. The minimum atomic E-state index is -0.344. The molecule has 0 saturated carbocycles. The Hall–Kier alpha value is -1.23. The summed E-state index contributed by atoms with van der Waals surface area (Å²) < 4.78 is 0. The number of non-ortho nitro benzene ring substituents is 1. The smallest absolute Gasteiger partial charge is 0.269 e. The maximum Gasteiger partial charge on any atom is 0.269 e. The van der Waals surface area contributed by atoms with Crippen LogP contribution in [0.25, 0.3) is 0 Å². The van der Waals surface area contributed by atoms with E-state index < -0.39 is 0 Å². The molecule has 0 aromatic heterocycles. The highest BCUT2D eigenvalue weighted by atomic mass is 32.2. The molecular formula is C12H18N2O2S. The van der Waals surface area contributed by atoms with E-state index in [1.54, 1.807) is 30.0 Å². The van der Waals surface area contributed by atoms with E-state index in [1.165, 1.54) is 0 Å². The van der Waals surface area contributed by atoms with Gasteiger partial charge in [-0.15, -0.1) is 0 Å². The number of hydrogen-bond acceptors (Lipinski definition) is 4. The summed E-state index contributed by atoms with van der Waals surface area (Å²) in [5, 5.41) is 14.0. The van der Waals surface area contributed by atoms with Crippen molar-refractivity contribution in [3.05, 3.63) is 33.9 Å². The molecule has 0 bridgehead atoms. The molecule has 0 radical (unpaired) electrons. The molecule has 1 N–H and O–H groups in total. The number of nitrogens with one attached hydrogen (secondary N) is 1. The molecule has 0 aliphatic heterocycles. The fourth-order valence-corrected chi connectivity index (χ4v) is 2.39. The zero-order valence-electron chi connectivity index (χ0n) is 10.2. The third-order valence-electron chi connectivity index (χ3n) is 2.27. The van der Waals surface area contributed by atoms with E-state index in [-0.39, 0.29) is 10.6 Å². The van der Waals surface area contributed by atoms with Gasteiger partial charge < -0.3 is 5.32 Å². The molecular weight excluding hydrogens is 236 g/mol. The highest BCUT2D eigenvalue weighted by molar-refractivity contribution is 7.98. The molecule has 5 heteroatoms. The van der Waals surface area contributed by atoms with E-state index >= 15 is 0 Å². The van der Waals surface area contributed by atoms with Gasteiger partial charge in [0.25, 0.3) is 5.69 Å². The van der Waals surface area contributed by atoms with Crippen molar-refractivity contribution >= 4 is 23.1 Å². The van der Waals surface area contributed by atoms with Gasteiger partial charge in [-0.25, -0.2) is 0 Å². The molecule has 94 valence electrons. The summed E-state index contributed by atoms with van der Waals surface area (Å²) in [5.74, 6) is 1.89. The fourth-order valence-electron chi connectivity index (χ4n) is 1.50. The highest BCUT2D eigenvalue weighted by Crippen LogP contribution is 2.26. The largest absolute Gasteiger partial charge is 0.385 e. The van der Waals surface area contributed by atoms with Crippen LogP contribution in [0.1, 0.15) is 25.8 Å². The van der Waals surface area contributed by atoms with E-state index in [1.807, 2.05) is 6.92 Å². The van der Waals surface area contributed by atoms with E-state index in [4.69, 9.17) is 0 Å². The van der Waals surface area contributed by atoms with E-state index in [2.05, 4.69) is 12.2 Å². The number of nitro benzene ring substituents is 1. The monoisotopic (exact) mass is 254 g/mol. The molecule has 0 fully saturated rings. The maximum absolute atomic E-state index is 10.7. The molecule has 0 atom stereocenters. The Kier molecular flexibility index (Phi) is 5.83. The Morgan fingerprint density at radius 3 is 2.76 bits per heavy atom. The second-order valence-corrected chi connectivity index (χ2v) is 4.79. The van der Waals surface area contributed by atoms with Crippen LogP contribution in [0.5, 0.6) is 0 Å². The lowest BCUT2D eigenvalue weighted by molar-refractivity contribution is -0.384. The van der Waals surface area contributed by atoms with Gasteiger partial charge in [0.05, 0.1) is 4.92 Å². The lowest BCUT2D eigenvalue weighted by Crippen LogP contribution is -2.01. The Morgan fingerprint density at radius 2 is 2.18 bits per heavy atom. The Bertz CT molecular complexity index is 383. The molecule has 4 nitrogen and oxygen atoms in total. The fraction of sp³-hybridized carbons (Fsp3) is 0.500. The summed E-state index contributed by atoms with van der Waals surface area (Å²) in [6, 6.07) is 5.01. The van der Waals surface area contributed by atoms with Gasteiger partial charge in [0.1, 0.15) is 0 Å². The predicted molar refractivity (Wildman–Crippen MR) is 73.7 cm³/mol. The van der Waals surface area contributed by atoms with Crippen molar-refractivity contribution in [2.24, 2.45) is 0 Å². The van der Waals surface area contributed by atoms with E-state index in [0.29, 0.717) is 0 Å². The second kappa shape index (κ2) is 7.17. The summed E-state index contributed by atoms with van der Waals surface area (Å²) in [5.41, 5.74) is 2.18. The van der Waals surface area contributed by atoms with Gasteiger partial charge in [-0.05, 0) is 30.7 Å². The maximum atomic E-state index is 10.7. The molecule has 0 aliphatic rings. The SMILES string of the molecule is CCCSCc1cc([N+](=O)[O-])ccc1NCC. The van der Waals surface area contributed by atoms with Gasteiger partial charge in [0.15, 0.2) is 0 Å². The van der Waals surface area contributed by atoms with Crippen LogP contribution in [-0.2, 0) is 5.75 Å². The third kappa shape index (κ3) is 4.26. The van der Waals surface area contributed by atoms with Crippen molar-refractivity contribution < 1.29 is 4.92 Å². The first kappa shape index (κ1) is 13.8. The van der Waals surface area contributed by atoms with Crippen LogP contribution in [0.3, 0.4) is 0 Å². The van der Waals surface area contributed by atoms with Crippen LogP contribution in [-0.4, -0.2) is 17.2 Å². The van der Waals surface area contributed by atoms with Crippen molar-refractivity contribution in [3.63, 3.8) is 0 Å². The number of rotatable bonds is 7. The molecule has 0 aliphatic carbocycles. The normalized spacial score (nSPS) is 10.2. The van der Waals surface area contributed by atoms with Gasteiger partial charge in [0.2, 0.25) is 0 Å². The summed E-state index contributed by atoms with van der Waals surface area (Å²) in [6.07, 6.45) is 1.12. The molecule has 1 aromatic rings. The Balaban J connectivity index is 2.86. The average molecular weight is 254 g/mol. The van der Waals surface area contributed by atoms with Gasteiger partial charge in [-0.1, -0.05) is 6.92 Å². The Labute approximate surface area is 106 Å². The van der Waals surface area contributed by atoms with Crippen LogP contribution >= 0.6 is 11.8 Å². The average Bonchev–Trinajstić information content (AvgIpc) is 2.31. The zero-order valence-corrected chi connectivity index (χ0v) is 11.0. The number of hydrogen-bond donors (Lipinski definition) is 1. The number of nitrogens with zero attached hydrogens (tertiary/aromatic N) is 1. The number of benzene rings is 1. The lowest BCUT2D eigenvalue weighted by Gasteiger charge is -2.10. The van der Waals surface area contributed by atoms with Crippen molar-refractivity contribution in [1.82, 2.24) is 0 Å². The Morgan fingerprint density at radius 1 is 1.41 bits per heavy atom. The van der Waals surface area contributed by atoms with Crippen LogP contribution in [0.15, 0.2) is 18.2 Å². The van der Waals surface area contributed by atoms with Crippen molar-refractivity contribution in [2.45, 2.75) is 26.0 Å². The number of nitro groups is 1. The minimum absolute atomic E-state index is 0.166. The second-order valence-electron chi connectivity index (χ2n) is 3.68. The molecule has 1 rings (SSSR count). The van der Waals surface area contributed by atoms with Crippen LogP contribution in [0.2, 0.25) is 0 Å². The first-order valence-electron chi connectivity index (χ1n) is 5.78. The minimum Gasteiger partial charge on any atom is -0.385 e. The van der Waals surface area contributed by atoms with Crippen LogP contribution < -0.4 is 5.32 Å². The highest BCUT2D eigenvalue weighted by Gasteiger charge is 2.10. The lowest BCUT2D eigenvalue weighted by atomic mass is 10.2. The number of thioether (sulfide) groups is 1. The van der Waals surface area contributed by atoms with Gasteiger partial charge in [0, 0.05) is 30.1 Å². The molecule has 0 heterocycles. The summed E-state index contributed by atoms with van der Waals surface area (Å²) in [6.45, 7) is 4.97. The molecule has 0 spiro atoms. The molecule has 0 saturated heterocycles. The summed E-state index contributed by atoms with van der Waals surface area (Å²) >= 11 is 1.80. The van der Waals surface area contributed by atoms with Gasteiger partial charge >= 0.3 is 0 Å². The standard InChI is InChI=1S/C12H18N2O2S/c1-3-7-17-9-10-8-11(14(15)16)5-6-12(10)13-4-2/h5-6,8,13H,3-4,7,9H2,1-2H3. The quantitative estimate of drug-likeness (QED) is 0.458. The topological polar surface area (TPSA) is 55.2 Å². The van der Waals surface area contributed by atoms with Crippen molar-refractivity contribution in [2.75, 3.05) is 17.6 Å². The van der Waals surface area contributed by atoms with E-state index in [9.17, 15) is 10.1 Å². The van der Waals surface area contributed by atoms with Gasteiger partial charge in [-0.2, -0.15) is 11.8 Å². The van der Waals surface area contributed by atoms with Gasteiger partial charge in [-0.3, -0.25) is 10.1 Å². The summed E-state index contributed by atoms with van der Waals surface area (Å²) in [7, 11) is 0. The van der Waals surface area contributed by atoms with Crippen LogP contribution in [0.4, 0.5) is 11.4 Å². The first-order valence-corrected chi connectivity index (χ1v) is 6.93. The van der Waals surface area contributed by atoms with Crippen LogP contribution in [0, 0.1) is 10.1 Å². The number of anilines is 1. The predicted octanol–water partition coefficient (Wildman–Crippen LogP) is 3.67. The molecule has 1 aromatic carbocycles. The zero-order chi connectivity index (χ0) is 12.7. The molecule has 0 unspecified atom stereocenters. The van der Waals surface area contributed by atoms with E-state index in [0.717, 1.165) is 35.7 Å². The van der Waals surface area contributed by atoms with Crippen molar-refractivity contribution in [3.8, 4) is 0 Å². The first-order chi connectivity index (χ1) is 8.19. The summed E-state index contributed by atoms with van der Waals surface area (Å²) in [4.78, 5) is 10.4. The van der Waals surface area contributed by atoms with Crippen molar-refractivity contribution in [1.29, 1.82) is 0 Å². The molecule has 0 amide bonds. The third-order valence-corrected chi connectivity index (χ3v) is 3.48.